The highest BCUT2D eigenvalue weighted by Gasteiger charge is 2.17. The number of primary amides is 1. The highest BCUT2D eigenvalue weighted by molar-refractivity contribution is 6.33. The number of carbonyl (C=O) groups is 1. The van der Waals surface area contributed by atoms with Crippen molar-refractivity contribution >= 4 is 29.0 Å². The Hall–Kier alpha value is -1.86. The number of methoxy groups -OCH3 is 1. The fourth-order valence-corrected chi connectivity index (χ4v) is 1.80. The largest absolute Gasteiger partial charge is 0.375 e. The van der Waals surface area contributed by atoms with Crippen LogP contribution in [-0.4, -0.2) is 27.7 Å². The Morgan fingerprint density at radius 2 is 2.39 bits per heavy atom. The molecule has 0 aliphatic heterocycles. The van der Waals surface area contributed by atoms with Crippen LogP contribution in [0, 0.1) is 0 Å². The SMILES string of the molecule is CO[C@@H](C)c1ccnc2c(NC(N)=O)c(Cl)nn12. The summed E-state index contributed by atoms with van der Waals surface area (Å²) in [7, 11) is 1.59. The molecule has 7 nitrogen and oxygen atoms in total. The third-order valence-corrected chi connectivity index (χ3v) is 2.79. The predicted molar refractivity (Wildman–Crippen MR) is 66.6 cm³/mol. The first-order chi connectivity index (χ1) is 8.54. The molecule has 0 bridgehead atoms. The third-order valence-electron chi connectivity index (χ3n) is 2.52. The van der Waals surface area contributed by atoms with Crippen molar-refractivity contribution in [1.29, 1.82) is 0 Å². The Kier molecular flexibility index (Phi) is 3.35. The minimum atomic E-state index is -0.723. The first-order valence-electron chi connectivity index (χ1n) is 5.17. The van der Waals surface area contributed by atoms with Crippen molar-refractivity contribution < 1.29 is 9.53 Å². The van der Waals surface area contributed by atoms with Gasteiger partial charge >= 0.3 is 6.03 Å². The molecule has 0 aromatic carbocycles. The Labute approximate surface area is 108 Å². The van der Waals surface area contributed by atoms with Gasteiger partial charge in [0, 0.05) is 13.3 Å². The first-order valence-corrected chi connectivity index (χ1v) is 5.54. The lowest BCUT2D eigenvalue weighted by Crippen LogP contribution is -2.19. The number of nitrogens with two attached hydrogens (primary N) is 1. The highest BCUT2D eigenvalue weighted by atomic mass is 35.5. The summed E-state index contributed by atoms with van der Waals surface area (Å²) in [5, 5.41) is 6.63. The Balaban J connectivity index is 2.62. The molecule has 2 amide bonds. The Bertz CT molecular complexity index is 597. The van der Waals surface area contributed by atoms with E-state index >= 15 is 0 Å². The van der Waals surface area contributed by atoms with Gasteiger partial charge in [-0.15, -0.1) is 0 Å². The zero-order valence-electron chi connectivity index (χ0n) is 9.85. The number of fused-ring (bicyclic) bond motifs is 1. The van der Waals surface area contributed by atoms with E-state index in [0.29, 0.717) is 5.65 Å². The van der Waals surface area contributed by atoms with Gasteiger partial charge in [-0.2, -0.15) is 5.10 Å². The van der Waals surface area contributed by atoms with E-state index in [0.717, 1.165) is 5.69 Å². The highest BCUT2D eigenvalue weighted by Crippen LogP contribution is 2.27. The number of hydrogen-bond acceptors (Lipinski definition) is 4. The number of carbonyl (C=O) groups excluding carboxylic acids is 1. The van der Waals surface area contributed by atoms with Crippen LogP contribution in [0.2, 0.25) is 5.15 Å². The molecule has 0 spiro atoms. The van der Waals surface area contributed by atoms with Crippen molar-refractivity contribution in [3.05, 3.63) is 23.1 Å². The zero-order chi connectivity index (χ0) is 13.3. The maximum Gasteiger partial charge on any atom is 0.316 e. The van der Waals surface area contributed by atoms with Gasteiger partial charge in [0.25, 0.3) is 0 Å². The molecule has 2 aromatic heterocycles. The summed E-state index contributed by atoms with van der Waals surface area (Å²) >= 11 is 5.95. The minimum absolute atomic E-state index is 0.122. The molecule has 8 heteroatoms. The molecular formula is C10H12ClN5O2. The van der Waals surface area contributed by atoms with Gasteiger partial charge in [-0.25, -0.2) is 14.3 Å². The second-order valence-corrected chi connectivity index (χ2v) is 4.00. The van der Waals surface area contributed by atoms with Crippen LogP contribution in [0.4, 0.5) is 10.5 Å². The second-order valence-electron chi connectivity index (χ2n) is 3.64. The molecule has 0 aliphatic rings. The van der Waals surface area contributed by atoms with Gasteiger partial charge < -0.3 is 15.8 Å². The number of ether oxygens (including phenoxy) is 1. The topological polar surface area (TPSA) is 94.5 Å². The molecule has 0 saturated carbocycles. The van der Waals surface area contributed by atoms with Gasteiger partial charge in [0.2, 0.25) is 0 Å². The fourth-order valence-electron chi connectivity index (χ4n) is 1.60. The molecule has 0 radical (unpaired) electrons. The summed E-state index contributed by atoms with van der Waals surface area (Å²) in [6, 6.07) is 1.04. The normalized spacial score (nSPS) is 12.6. The smallest absolute Gasteiger partial charge is 0.316 e. The summed E-state index contributed by atoms with van der Waals surface area (Å²) in [5.41, 5.74) is 6.54. The molecule has 2 rings (SSSR count). The second kappa shape index (κ2) is 4.79. The van der Waals surface area contributed by atoms with Crippen LogP contribution >= 0.6 is 11.6 Å². The summed E-state index contributed by atoms with van der Waals surface area (Å²) < 4.78 is 6.75. The van der Waals surface area contributed by atoms with Crippen LogP contribution in [0.25, 0.3) is 5.65 Å². The quantitative estimate of drug-likeness (QED) is 0.884. The van der Waals surface area contributed by atoms with E-state index in [2.05, 4.69) is 15.4 Å². The third kappa shape index (κ3) is 2.09. The fraction of sp³-hybridized carbons (Fsp3) is 0.300. The van der Waals surface area contributed by atoms with Crippen molar-refractivity contribution in [3.63, 3.8) is 0 Å². The van der Waals surface area contributed by atoms with Crippen molar-refractivity contribution in [2.24, 2.45) is 5.73 Å². The van der Waals surface area contributed by atoms with Gasteiger partial charge in [-0.05, 0) is 13.0 Å². The molecule has 2 heterocycles. The van der Waals surface area contributed by atoms with Crippen molar-refractivity contribution in [1.82, 2.24) is 14.6 Å². The van der Waals surface area contributed by atoms with E-state index in [1.807, 2.05) is 6.92 Å². The standard InChI is InChI=1S/C10H12ClN5O2/c1-5(18-2)6-3-4-13-9-7(14-10(12)17)8(11)15-16(6)9/h3-5H,1-2H3,(H3,12,14,17)/t5-/m0/s1. The zero-order valence-corrected chi connectivity index (χ0v) is 10.6. The van der Waals surface area contributed by atoms with E-state index < -0.39 is 6.03 Å². The number of urea groups is 1. The number of anilines is 1. The maximum atomic E-state index is 10.9. The van der Waals surface area contributed by atoms with Gasteiger partial charge in [0.1, 0.15) is 5.69 Å². The van der Waals surface area contributed by atoms with Gasteiger partial charge in [0.05, 0.1) is 11.8 Å². The van der Waals surface area contributed by atoms with Crippen molar-refractivity contribution in [2.75, 3.05) is 12.4 Å². The van der Waals surface area contributed by atoms with Crippen LogP contribution in [-0.2, 0) is 4.74 Å². The van der Waals surface area contributed by atoms with E-state index in [4.69, 9.17) is 22.1 Å². The minimum Gasteiger partial charge on any atom is -0.375 e. The number of aromatic nitrogens is 3. The molecule has 18 heavy (non-hydrogen) atoms. The van der Waals surface area contributed by atoms with Gasteiger partial charge in [-0.3, -0.25) is 0 Å². The van der Waals surface area contributed by atoms with Crippen LogP contribution in [0.1, 0.15) is 18.7 Å². The van der Waals surface area contributed by atoms with Crippen molar-refractivity contribution in [2.45, 2.75) is 13.0 Å². The van der Waals surface area contributed by atoms with Gasteiger partial charge in [-0.1, -0.05) is 11.6 Å². The van der Waals surface area contributed by atoms with E-state index in [9.17, 15) is 4.79 Å². The predicted octanol–water partition coefficient (Wildman–Crippen LogP) is 1.58. The molecule has 0 aliphatic carbocycles. The summed E-state index contributed by atoms with van der Waals surface area (Å²) in [5.74, 6) is 0. The Morgan fingerprint density at radius 3 is 3.00 bits per heavy atom. The van der Waals surface area contributed by atoms with Crippen LogP contribution < -0.4 is 11.1 Å². The van der Waals surface area contributed by atoms with Gasteiger partial charge in [0.15, 0.2) is 10.8 Å². The van der Waals surface area contributed by atoms with Crippen LogP contribution in [0.5, 0.6) is 0 Å². The number of nitrogens with zero attached hydrogens (tertiary/aromatic N) is 3. The van der Waals surface area contributed by atoms with E-state index in [1.54, 1.807) is 19.4 Å². The average molecular weight is 270 g/mol. The summed E-state index contributed by atoms with van der Waals surface area (Å²) in [6.07, 6.45) is 1.40. The summed E-state index contributed by atoms with van der Waals surface area (Å²) in [4.78, 5) is 15.0. The molecule has 2 aromatic rings. The van der Waals surface area contributed by atoms with Crippen LogP contribution in [0.15, 0.2) is 12.3 Å². The molecule has 0 saturated heterocycles. The Morgan fingerprint density at radius 1 is 1.67 bits per heavy atom. The monoisotopic (exact) mass is 269 g/mol. The van der Waals surface area contributed by atoms with E-state index in [-0.39, 0.29) is 16.9 Å². The first kappa shape index (κ1) is 12.6. The number of rotatable bonds is 3. The van der Waals surface area contributed by atoms with E-state index in [1.165, 1.54) is 4.52 Å². The van der Waals surface area contributed by atoms with Crippen LogP contribution in [0.3, 0.4) is 0 Å². The number of hydrogen-bond donors (Lipinski definition) is 2. The molecule has 0 unspecified atom stereocenters. The lowest BCUT2D eigenvalue weighted by atomic mass is 10.3. The molecule has 1 atom stereocenters. The maximum absolute atomic E-state index is 10.9. The summed E-state index contributed by atoms with van der Waals surface area (Å²) in [6.45, 7) is 1.87. The lowest BCUT2D eigenvalue weighted by molar-refractivity contribution is 0.114. The number of amides is 2. The molecule has 0 fully saturated rings. The molecule has 96 valence electrons. The average Bonchev–Trinajstić information content (AvgIpc) is 2.64. The lowest BCUT2D eigenvalue weighted by Gasteiger charge is -2.10. The number of halogens is 1. The number of nitrogens with one attached hydrogen (secondary N) is 1. The molecular weight excluding hydrogens is 258 g/mol. The molecule has 3 N–H and O–H groups in total. The van der Waals surface area contributed by atoms with Crippen molar-refractivity contribution in [3.8, 4) is 0 Å².